The summed E-state index contributed by atoms with van der Waals surface area (Å²) in [7, 11) is 0. The van der Waals surface area contributed by atoms with E-state index in [-0.39, 0.29) is 0 Å². The van der Waals surface area contributed by atoms with Crippen LogP contribution in [0.25, 0.3) is 0 Å². The molecule has 1 aromatic rings. The largest absolute Gasteiger partial charge is 0.314 e. The van der Waals surface area contributed by atoms with Crippen molar-refractivity contribution in [3.05, 3.63) is 22.4 Å². The molecule has 1 nitrogen and oxygen atoms in total. The molecule has 1 rings (SSSR count). The maximum atomic E-state index is 3.61. The van der Waals surface area contributed by atoms with Crippen LogP contribution in [0.4, 0.5) is 0 Å². The molecule has 0 aromatic carbocycles. The fourth-order valence-electron chi connectivity index (χ4n) is 1.94. The Balaban J connectivity index is 2.27. The van der Waals surface area contributed by atoms with Crippen LogP contribution in [0.1, 0.15) is 44.9 Å². The Morgan fingerprint density at radius 3 is 2.62 bits per heavy atom. The lowest BCUT2D eigenvalue weighted by Crippen LogP contribution is -2.29. The van der Waals surface area contributed by atoms with Crippen LogP contribution in [-0.2, 0) is 6.42 Å². The van der Waals surface area contributed by atoms with Crippen molar-refractivity contribution in [3.63, 3.8) is 0 Å². The topological polar surface area (TPSA) is 12.0 Å². The first kappa shape index (κ1) is 13.7. The summed E-state index contributed by atoms with van der Waals surface area (Å²) < 4.78 is 0. The summed E-state index contributed by atoms with van der Waals surface area (Å²) in [5, 5.41) is 5.78. The van der Waals surface area contributed by atoms with Gasteiger partial charge in [-0.3, -0.25) is 0 Å². The van der Waals surface area contributed by atoms with E-state index in [9.17, 15) is 0 Å². The average molecular weight is 239 g/mol. The van der Waals surface area contributed by atoms with Crippen LogP contribution >= 0.6 is 11.3 Å². The second-order valence-corrected chi connectivity index (χ2v) is 5.88. The number of thiophene rings is 1. The number of nitrogens with one attached hydrogen (secondary N) is 1. The van der Waals surface area contributed by atoms with Crippen molar-refractivity contribution in [1.29, 1.82) is 0 Å². The van der Waals surface area contributed by atoms with Crippen molar-refractivity contribution < 1.29 is 0 Å². The standard InChI is InChI=1S/C14H25NS/c1-4-15-13(8-7-12(2)3)9-10-14-6-5-11-16-14/h5-6,11-13,15H,4,7-10H2,1-3H3. The van der Waals surface area contributed by atoms with Crippen LogP contribution in [0.2, 0.25) is 0 Å². The Morgan fingerprint density at radius 1 is 1.25 bits per heavy atom. The van der Waals surface area contributed by atoms with Crippen molar-refractivity contribution >= 4 is 11.3 Å². The third kappa shape index (κ3) is 5.66. The van der Waals surface area contributed by atoms with E-state index in [1.54, 1.807) is 0 Å². The van der Waals surface area contributed by atoms with Crippen molar-refractivity contribution in [2.24, 2.45) is 5.92 Å². The molecule has 1 unspecified atom stereocenters. The summed E-state index contributed by atoms with van der Waals surface area (Å²) in [6.45, 7) is 7.91. The first-order chi connectivity index (χ1) is 7.72. The highest BCUT2D eigenvalue weighted by molar-refractivity contribution is 7.09. The lowest BCUT2D eigenvalue weighted by Gasteiger charge is -2.18. The van der Waals surface area contributed by atoms with Crippen LogP contribution in [-0.4, -0.2) is 12.6 Å². The first-order valence-electron chi connectivity index (χ1n) is 6.48. The molecular formula is C14H25NS. The van der Waals surface area contributed by atoms with Gasteiger partial charge in [0.15, 0.2) is 0 Å². The van der Waals surface area contributed by atoms with Gasteiger partial charge in [0.25, 0.3) is 0 Å². The summed E-state index contributed by atoms with van der Waals surface area (Å²) in [5.74, 6) is 0.822. The molecule has 0 saturated carbocycles. The molecule has 16 heavy (non-hydrogen) atoms. The normalized spacial score (nSPS) is 13.2. The Morgan fingerprint density at radius 2 is 2.06 bits per heavy atom. The Bertz CT molecular complexity index is 254. The predicted molar refractivity (Wildman–Crippen MR) is 74.2 cm³/mol. The van der Waals surface area contributed by atoms with E-state index in [4.69, 9.17) is 0 Å². The molecule has 0 bridgehead atoms. The summed E-state index contributed by atoms with van der Waals surface area (Å²) in [6, 6.07) is 5.10. The van der Waals surface area contributed by atoms with Crippen LogP contribution < -0.4 is 5.32 Å². The number of rotatable bonds is 8. The summed E-state index contributed by atoms with van der Waals surface area (Å²) in [6.07, 6.45) is 5.16. The lowest BCUT2D eigenvalue weighted by atomic mass is 10.00. The van der Waals surface area contributed by atoms with Gasteiger partial charge in [-0.05, 0) is 49.6 Å². The quantitative estimate of drug-likeness (QED) is 0.720. The molecule has 0 aliphatic heterocycles. The minimum Gasteiger partial charge on any atom is -0.314 e. The molecule has 0 fully saturated rings. The first-order valence-corrected chi connectivity index (χ1v) is 7.36. The molecule has 92 valence electrons. The minimum atomic E-state index is 0.703. The van der Waals surface area contributed by atoms with Crippen molar-refractivity contribution in [1.82, 2.24) is 5.32 Å². The second-order valence-electron chi connectivity index (χ2n) is 4.84. The van der Waals surface area contributed by atoms with Gasteiger partial charge in [0.05, 0.1) is 0 Å². The molecule has 0 radical (unpaired) electrons. The molecule has 1 aromatic heterocycles. The van der Waals surface area contributed by atoms with Gasteiger partial charge in [0.1, 0.15) is 0 Å². The van der Waals surface area contributed by atoms with Crippen molar-refractivity contribution in [3.8, 4) is 0 Å². The maximum Gasteiger partial charge on any atom is 0.00705 e. The van der Waals surface area contributed by atoms with Crippen LogP contribution in [0.15, 0.2) is 17.5 Å². The Hall–Kier alpha value is -0.340. The Kier molecular flexibility index (Phi) is 6.74. The van der Waals surface area contributed by atoms with E-state index in [0.717, 1.165) is 12.5 Å². The fraction of sp³-hybridized carbons (Fsp3) is 0.714. The molecular weight excluding hydrogens is 214 g/mol. The third-order valence-corrected chi connectivity index (χ3v) is 3.84. The van der Waals surface area contributed by atoms with E-state index in [1.165, 1.54) is 30.6 Å². The zero-order valence-electron chi connectivity index (χ0n) is 10.8. The molecule has 1 heterocycles. The highest BCUT2D eigenvalue weighted by atomic mass is 32.1. The molecule has 1 atom stereocenters. The molecule has 1 N–H and O–H groups in total. The Labute approximate surface area is 104 Å². The van der Waals surface area contributed by atoms with Crippen molar-refractivity contribution in [2.75, 3.05) is 6.54 Å². The zero-order chi connectivity index (χ0) is 11.8. The highest BCUT2D eigenvalue weighted by Gasteiger charge is 2.08. The smallest absolute Gasteiger partial charge is 0.00705 e. The highest BCUT2D eigenvalue weighted by Crippen LogP contribution is 2.15. The average Bonchev–Trinajstić information content (AvgIpc) is 2.75. The molecule has 0 amide bonds. The van der Waals surface area contributed by atoms with Gasteiger partial charge in [-0.15, -0.1) is 11.3 Å². The van der Waals surface area contributed by atoms with Gasteiger partial charge in [-0.1, -0.05) is 26.8 Å². The van der Waals surface area contributed by atoms with Gasteiger partial charge in [0, 0.05) is 10.9 Å². The predicted octanol–water partition coefficient (Wildman–Crippen LogP) is 4.10. The molecule has 0 spiro atoms. The molecule has 0 aliphatic carbocycles. The van der Waals surface area contributed by atoms with Crippen LogP contribution in [0.3, 0.4) is 0 Å². The monoisotopic (exact) mass is 239 g/mol. The minimum absolute atomic E-state index is 0.703. The molecule has 0 aliphatic rings. The number of hydrogen-bond acceptors (Lipinski definition) is 2. The van der Waals surface area contributed by atoms with E-state index in [2.05, 4.69) is 43.6 Å². The summed E-state index contributed by atoms with van der Waals surface area (Å²) in [5.41, 5.74) is 0. The number of aryl methyl sites for hydroxylation is 1. The van der Waals surface area contributed by atoms with Crippen molar-refractivity contribution in [2.45, 2.75) is 52.5 Å². The van der Waals surface area contributed by atoms with E-state index in [1.807, 2.05) is 11.3 Å². The third-order valence-electron chi connectivity index (χ3n) is 2.90. The maximum absolute atomic E-state index is 3.61. The zero-order valence-corrected chi connectivity index (χ0v) is 11.6. The van der Waals surface area contributed by atoms with Gasteiger partial charge in [0.2, 0.25) is 0 Å². The lowest BCUT2D eigenvalue weighted by molar-refractivity contribution is 0.418. The molecule has 2 heteroatoms. The van der Waals surface area contributed by atoms with Gasteiger partial charge < -0.3 is 5.32 Å². The van der Waals surface area contributed by atoms with Gasteiger partial charge in [-0.25, -0.2) is 0 Å². The SMILES string of the molecule is CCNC(CCc1cccs1)CCC(C)C. The van der Waals surface area contributed by atoms with E-state index in [0.29, 0.717) is 6.04 Å². The van der Waals surface area contributed by atoms with Crippen LogP contribution in [0, 0.1) is 5.92 Å². The van der Waals surface area contributed by atoms with Gasteiger partial charge >= 0.3 is 0 Å². The molecule has 0 saturated heterocycles. The van der Waals surface area contributed by atoms with Crippen LogP contribution in [0.5, 0.6) is 0 Å². The summed E-state index contributed by atoms with van der Waals surface area (Å²) in [4.78, 5) is 1.52. The number of hydrogen-bond donors (Lipinski definition) is 1. The van der Waals surface area contributed by atoms with E-state index >= 15 is 0 Å². The summed E-state index contributed by atoms with van der Waals surface area (Å²) >= 11 is 1.88. The fourth-order valence-corrected chi connectivity index (χ4v) is 2.67. The van der Waals surface area contributed by atoms with Gasteiger partial charge in [-0.2, -0.15) is 0 Å². The van der Waals surface area contributed by atoms with E-state index < -0.39 is 0 Å². The second kappa shape index (κ2) is 7.86.